The summed E-state index contributed by atoms with van der Waals surface area (Å²) in [6.07, 6.45) is 2.59. The van der Waals surface area contributed by atoms with E-state index in [-0.39, 0.29) is 26.2 Å². The van der Waals surface area contributed by atoms with Crippen molar-refractivity contribution in [2.45, 2.75) is 53.5 Å². The van der Waals surface area contributed by atoms with Gasteiger partial charge < -0.3 is 0 Å². The Kier molecular flexibility index (Phi) is 6.03. The maximum absolute atomic E-state index is 12.3. The first-order valence-corrected chi connectivity index (χ1v) is 9.79. The minimum absolute atomic E-state index is 0.0523. The average Bonchev–Trinajstić information content (AvgIpc) is 2.46. The number of hydrogen-bond donors (Lipinski definition) is 1. The molecule has 124 valence electrons. The molecular weight excluding hydrogens is 355 g/mol. The third kappa shape index (κ3) is 4.24. The van der Waals surface area contributed by atoms with Gasteiger partial charge in [0, 0.05) is 0 Å². The van der Waals surface area contributed by atoms with Crippen LogP contribution in [0.25, 0.3) is 0 Å². The van der Waals surface area contributed by atoms with Gasteiger partial charge in [0.15, 0.2) is 0 Å². The molecule has 0 fully saturated rings. The van der Waals surface area contributed by atoms with Crippen LogP contribution in [-0.4, -0.2) is 24.5 Å². The Morgan fingerprint density at radius 1 is 1.09 bits per heavy atom. The first-order valence-electron chi connectivity index (χ1n) is 8.08. The Balaban J connectivity index is 2.57. The average molecular weight is 379 g/mol. The van der Waals surface area contributed by atoms with E-state index in [0.717, 1.165) is 23.0 Å². The molecule has 0 atom stereocenters. The molecule has 0 bridgehead atoms. The van der Waals surface area contributed by atoms with Crippen molar-refractivity contribution in [2.75, 3.05) is 0 Å². The number of aryl methyl sites for hydroxylation is 2. The summed E-state index contributed by atoms with van der Waals surface area (Å²) < 4.78 is 3.91. The predicted octanol–water partition coefficient (Wildman–Crippen LogP) is 1.17. The van der Waals surface area contributed by atoms with Crippen molar-refractivity contribution < 1.29 is 0 Å². The summed E-state index contributed by atoms with van der Waals surface area (Å²) in [5.41, 5.74) is 2.67. The molecule has 1 N–H and O–H groups in total. The van der Waals surface area contributed by atoms with E-state index in [1.54, 1.807) is 4.57 Å². The molecule has 1 aromatic heterocycles. The van der Waals surface area contributed by atoms with Crippen LogP contribution in [0.2, 0.25) is 0 Å². The van der Waals surface area contributed by atoms with Crippen LogP contribution in [-0.2, 0) is 13.0 Å². The molecule has 0 unspecified atom stereocenters. The summed E-state index contributed by atoms with van der Waals surface area (Å²) in [4.78, 5) is 26.9. The molecule has 0 saturated heterocycles. The van der Waals surface area contributed by atoms with Gasteiger partial charge in [0.25, 0.3) is 0 Å². The van der Waals surface area contributed by atoms with Gasteiger partial charge in [0.2, 0.25) is 0 Å². The van der Waals surface area contributed by atoms with Crippen molar-refractivity contribution in [3.63, 3.8) is 0 Å². The molecule has 23 heavy (non-hydrogen) atoms. The first kappa shape index (κ1) is 17.8. The topological polar surface area (TPSA) is 54.9 Å². The van der Waals surface area contributed by atoms with Crippen LogP contribution in [0.1, 0.15) is 43.4 Å². The summed E-state index contributed by atoms with van der Waals surface area (Å²) >= 11 is -0.0523. The second-order valence-electron chi connectivity index (χ2n) is 5.83. The number of nitrogens with zero attached hydrogens (tertiary/aromatic N) is 1. The maximum atomic E-state index is 12.3. The van der Waals surface area contributed by atoms with E-state index in [2.05, 4.69) is 44.0 Å². The summed E-state index contributed by atoms with van der Waals surface area (Å²) in [7, 11) is 0. The molecular formula is C18H24N2O2Se. The third-order valence-electron chi connectivity index (χ3n) is 3.74. The molecule has 0 aliphatic rings. The van der Waals surface area contributed by atoms with Crippen molar-refractivity contribution in [3.05, 3.63) is 55.7 Å². The van der Waals surface area contributed by atoms with Crippen LogP contribution in [0.5, 0.6) is 0 Å². The Morgan fingerprint density at radius 2 is 1.74 bits per heavy atom. The van der Waals surface area contributed by atoms with Crippen LogP contribution in [0.15, 0.2) is 27.8 Å². The van der Waals surface area contributed by atoms with Gasteiger partial charge in [-0.3, -0.25) is 0 Å². The molecule has 0 radical (unpaired) electrons. The molecule has 0 aliphatic carbocycles. The van der Waals surface area contributed by atoms with E-state index in [0.29, 0.717) is 13.0 Å². The minimum atomic E-state index is -0.276. The van der Waals surface area contributed by atoms with Gasteiger partial charge >= 0.3 is 143 Å². The van der Waals surface area contributed by atoms with Crippen LogP contribution < -0.4 is 20.3 Å². The number of aromatic amines is 1. The van der Waals surface area contributed by atoms with Crippen molar-refractivity contribution >= 4 is 24.0 Å². The standard InChI is InChI=1S/C18H24N2O2Se/c1-5-7-8-20-17(15(6-2)16(21)19-18(20)22)23-14-10-12(3)9-13(4)11-14/h9-11H,5-8H2,1-4H3,(H,19,21,22). The Morgan fingerprint density at radius 3 is 2.30 bits per heavy atom. The Hall–Kier alpha value is -1.58. The number of H-pyrrole nitrogens is 1. The molecule has 0 saturated carbocycles. The van der Waals surface area contributed by atoms with Gasteiger partial charge in [-0.25, -0.2) is 0 Å². The Bertz CT molecular complexity index is 785. The molecule has 1 heterocycles. The van der Waals surface area contributed by atoms with Crippen molar-refractivity contribution in [2.24, 2.45) is 0 Å². The van der Waals surface area contributed by atoms with Gasteiger partial charge in [-0.05, 0) is 0 Å². The van der Waals surface area contributed by atoms with Crippen LogP contribution >= 0.6 is 0 Å². The summed E-state index contributed by atoms with van der Waals surface area (Å²) in [6.45, 7) is 8.90. The zero-order valence-electron chi connectivity index (χ0n) is 14.2. The van der Waals surface area contributed by atoms with E-state index in [4.69, 9.17) is 0 Å². The fourth-order valence-corrected chi connectivity index (χ4v) is 5.49. The predicted molar refractivity (Wildman–Crippen MR) is 96.5 cm³/mol. The molecule has 2 rings (SSSR count). The molecule has 1 aromatic carbocycles. The van der Waals surface area contributed by atoms with Gasteiger partial charge in [0.05, 0.1) is 0 Å². The normalized spacial score (nSPS) is 11.0. The monoisotopic (exact) mass is 380 g/mol. The van der Waals surface area contributed by atoms with E-state index in [1.807, 2.05) is 6.92 Å². The van der Waals surface area contributed by atoms with E-state index >= 15 is 0 Å². The van der Waals surface area contributed by atoms with Crippen LogP contribution in [0, 0.1) is 13.8 Å². The number of aromatic nitrogens is 2. The van der Waals surface area contributed by atoms with Crippen molar-refractivity contribution in [3.8, 4) is 0 Å². The Labute approximate surface area is 143 Å². The fourth-order valence-electron chi connectivity index (χ4n) is 2.64. The van der Waals surface area contributed by atoms with Gasteiger partial charge in [-0.1, -0.05) is 0 Å². The van der Waals surface area contributed by atoms with Gasteiger partial charge in [0.1, 0.15) is 0 Å². The number of rotatable bonds is 6. The number of hydrogen-bond acceptors (Lipinski definition) is 2. The fraction of sp³-hybridized carbons (Fsp3) is 0.444. The number of unbranched alkanes of at least 4 members (excludes halogenated alkanes) is 1. The van der Waals surface area contributed by atoms with Crippen molar-refractivity contribution in [1.82, 2.24) is 9.55 Å². The second-order valence-corrected chi connectivity index (χ2v) is 8.06. The van der Waals surface area contributed by atoms with Crippen LogP contribution in [0.4, 0.5) is 0 Å². The van der Waals surface area contributed by atoms with E-state index < -0.39 is 0 Å². The summed E-state index contributed by atoms with van der Waals surface area (Å²) in [6, 6.07) is 6.45. The third-order valence-corrected chi connectivity index (χ3v) is 6.12. The second kappa shape index (κ2) is 7.80. The zero-order chi connectivity index (χ0) is 17.0. The zero-order valence-corrected chi connectivity index (χ0v) is 15.9. The molecule has 4 nitrogen and oxygen atoms in total. The number of benzene rings is 1. The molecule has 5 heteroatoms. The SMILES string of the molecule is CCCCn1c([Se]c2cc(C)cc(C)c2)c(CC)c(=O)[nH]c1=O. The van der Waals surface area contributed by atoms with E-state index in [1.165, 1.54) is 15.6 Å². The van der Waals surface area contributed by atoms with Crippen LogP contribution in [0.3, 0.4) is 0 Å². The number of nitrogens with one attached hydrogen (secondary N) is 1. The van der Waals surface area contributed by atoms with Crippen molar-refractivity contribution in [1.29, 1.82) is 0 Å². The van der Waals surface area contributed by atoms with Gasteiger partial charge in [-0.2, -0.15) is 0 Å². The summed E-state index contributed by atoms with van der Waals surface area (Å²) in [5, 5.41) is 0. The first-order chi connectivity index (χ1) is 11.0. The molecule has 0 spiro atoms. The van der Waals surface area contributed by atoms with Gasteiger partial charge in [-0.15, -0.1) is 0 Å². The molecule has 0 amide bonds. The molecule has 2 aromatic rings. The van der Waals surface area contributed by atoms with E-state index in [9.17, 15) is 9.59 Å². The summed E-state index contributed by atoms with van der Waals surface area (Å²) in [5.74, 6) is 0. The quantitative estimate of drug-likeness (QED) is 0.767. The molecule has 0 aliphatic heterocycles.